The number of ether oxygens (including phenoxy) is 1. The minimum Gasteiger partial charge on any atom is -0.463 e. The molecule has 0 bridgehead atoms. The number of carbonyl (C=O) groups is 1. The van der Waals surface area contributed by atoms with Crippen LogP contribution in [0.5, 0.6) is 0 Å². The van der Waals surface area contributed by atoms with Gasteiger partial charge in [-0.25, -0.2) is 9.79 Å². The van der Waals surface area contributed by atoms with E-state index in [9.17, 15) is 9.59 Å². The van der Waals surface area contributed by atoms with Crippen molar-refractivity contribution < 1.29 is 9.53 Å². The number of thiazole rings is 1. The standard InChI is InChI=1S/C21H17BrN2O3S2/c1-3-27-20(26)17-12(2)23-21-24(18(17)15-5-4-10-28-15)19(25)16(29-21)11-13-6-8-14(22)9-7-13/h4-11,18H,3H2,1-2H3/b16-11-/t18-/m1/s1. The van der Waals surface area contributed by atoms with Crippen LogP contribution in [0.2, 0.25) is 0 Å². The van der Waals surface area contributed by atoms with E-state index >= 15 is 0 Å². The number of benzene rings is 1. The molecule has 4 rings (SSSR count). The number of carbonyl (C=O) groups excluding carboxylic acids is 1. The van der Waals surface area contributed by atoms with Gasteiger partial charge in [-0.05, 0) is 49.1 Å². The molecule has 1 aliphatic rings. The molecule has 3 heterocycles. The highest BCUT2D eigenvalue weighted by molar-refractivity contribution is 9.10. The van der Waals surface area contributed by atoms with Crippen LogP contribution >= 0.6 is 38.6 Å². The summed E-state index contributed by atoms with van der Waals surface area (Å²) in [5.74, 6) is -0.436. The number of hydrogen-bond donors (Lipinski definition) is 0. The Kier molecular flexibility index (Phi) is 5.67. The smallest absolute Gasteiger partial charge is 0.338 e. The number of esters is 1. The fourth-order valence-corrected chi connectivity index (χ4v) is 5.35. The highest BCUT2D eigenvalue weighted by atomic mass is 79.9. The molecule has 3 aromatic rings. The van der Waals surface area contributed by atoms with Gasteiger partial charge in [0.25, 0.3) is 5.56 Å². The maximum atomic E-state index is 13.3. The molecule has 0 spiro atoms. The fourth-order valence-electron chi connectivity index (χ4n) is 3.22. The van der Waals surface area contributed by atoms with Crippen molar-refractivity contribution in [2.75, 3.05) is 6.61 Å². The average Bonchev–Trinajstić information content (AvgIpc) is 3.32. The summed E-state index contributed by atoms with van der Waals surface area (Å²) in [5.41, 5.74) is 1.76. The molecule has 0 N–H and O–H groups in total. The second-order valence-electron chi connectivity index (χ2n) is 6.37. The van der Waals surface area contributed by atoms with Crippen molar-refractivity contribution in [3.63, 3.8) is 0 Å². The summed E-state index contributed by atoms with van der Waals surface area (Å²) >= 11 is 6.25. The van der Waals surface area contributed by atoms with Gasteiger partial charge in [-0.1, -0.05) is 45.5 Å². The molecule has 2 aromatic heterocycles. The number of rotatable bonds is 4. The Morgan fingerprint density at radius 1 is 1.31 bits per heavy atom. The van der Waals surface area contributed by atoms with E-state index in [1.165, 1.54) is 22.7 Å². The minimum absolute atomic E-state index is 0.163. The quantitative estimate of drug-likeness (QED) is 0.526. The summed E-state index contributed by atoms with van der Waals surface area (Å²) in [6, 6.07) is 11.1. The van der Waals surface area contributed by atoms with E-state index in [0.29, 0.717) is 20.6 Å². The Morgan fingerprint density at radius 2 is 2.07 bits per heavy atom. The highest BCUT2D eigenvalue weighted by Crippen LogP contribution is 2.33. The lowest BCUT2D eigenvalue weighted by Gasteiger charge is -2.23. The molecular formula is C21H17BrN2O3S2. The summed E-state index contributed by atoms with van der Waals surface area (Å²) in [4.78, 5) is 32.1. The number of fused-ring (bicyclic) bond motifs is 1. The SMILES string of the molecule is CCOC(=O)C1=C(C)N=c2s/c(=C\c3ccc(Br)cc3)c(=O)n2[C@@H]1c1cccs1. The predicted molar refractivity (Wildman–Crippen MR) is 119 cm³/mol. The number of allylic oxidation sites excluding steroid dienone is 1. The summed E-state index contributed by atoms with van der Waals surface area (Å²) in [6.07, 6.45) is 1.85. The summed E-state index contributed by atoms with van der Waals surface area (Å²) in [6.45, 7) is 3.82. The Labute approximate surface area is 183 Å². The lowest BCUT2D eigenvalue weighted by atomic mass is 10.0. The largest absolute Gasteiger partial charge is 0.463 e. The van der Waals surface area contributed by atoms with E-state index in [2.05, 4.69) is 20.9 Å². The van der Waals surface area contributed by atoms with Gasteiger partial charge in [-0.3, -0.25) is 9.36 Å². The molecule has 1 aromatic carbocycles. The molecule has 0 unspecified atom stereocenters. The third-order valence-electron chi connectivity index (χ3n) is 4.50. The second kappa shape index (κ2) is 8.22. The van der Waals surface area contributed by atoms with Crippen molar-refractivity contribution >= 4 is 50.6 Å². The van der Waals surface area contributed by atoms with Crippen molar-refractivity contribution in [3.05, 3.63) is 87.6 Å². The van der Waals surface area contributed by atoms with Gasteiger partial charge >= 0.3 is 5.97 Å². The van der Waals surface area contributed by atoms with Crippen LogP contribution < -0.4 is 14.9 Å². The first-order valence-electron chi connectivity index (χ1n) is 8.98. The number of thiophene rings is 1. The number of hydrogen-bond acceptors (Lipinski definition) is 6. The molecule has 0 aliphatic carbocycles. The average molecular weight is 489 g/mol. The van der Waals surface area contributed by atoms with Crippen LogP contribution in [0.15, 0.2) is 67.3 Å². The van der Waals surface area contributed by atoms with E-state index in [4.69, 9.17) is 4.74 Å². The lowest BCUT2D eigenvalue weighted by molar-refractivity contribution is -0.139. The summed E-state index contributed by atoms with van der Waals surface area (Å²) in [5, 5.41) is 1.94. The van der Waals surface area contributed by atoms with E-state index in [-0.39, 0.29) is 12.2 Å². The Bertz CT molecular complexity index is 1270. The zero-order valence-corrected chi connectivity index (χ0v) is 18.9. The van der Waals surface area contributed by atoms with Gasteiger partial charge in [-0.2, -0.15) is 0 Å². The van der Waals surface area contributed by atoms with Gasteiger partial charge in [0.15, 0.2) is 4.80 Å². The first-order chi connectivity index (χ1) is 14.0. The van der Waals surface area contributed by atoms with E-state index in [1.54, 1.807) is 18.4 Å². The predicted octanol–water partition coefficient (Wildman–Crippen LogP) is 3.62. The van der Waals surface area contributed by atoms with Crippen LogP contribution in [0.1, 0.15) is 30.3 Å². The molecule has 0 amide bonds. The van der Waals surface area contributed by atoms with Crippen LogP contribution in [-0.4, -0.2) is 17.1 Å². The number of halogens is 1. The van der Waals surface area contributed by atoms with Gasteiger partial charge in [0.1, 0.15) is 6.04 Å². The van der Waals surface area contributed by atoms with Gasteiger partial charge in [-0.15, -0.1) is 11.3 Å². The molecule has 29 heavy (non-hydrogen) atoms. The Balaban J connectivity index is 1.93. The maximum Gasteiger partial charge on any atom is 0.338 e. The van der Waals surface area contributed by atoms with Crippen molar-refractivity contribution in [1.82, 2.24) is 4.57 Å². The molecular weight excluding hydrogens is 472 g/mol. The van der Waals surface area contributed by atoms with Gasteiger partial charge < -0.3 is 4.74 Å². The Morgan fingerprint density at radius 3 is 2.72 bits per heavy atom. The second-order valence-corrected chi connectivity index (χ2v) is 9.27. The number of nitrogens with zero attached hydrogens (tertiary/aromatic N) is 2. The fraction of sp³-hybridized carbons (Fsp3) is 0.190. The summed E-state index contributed by atoms with van der Waals surface area (Å²) in [7, 11) is 0. The maximum absolute atomic E-state index is 13.3. The third kappa shape index (κ3) is 3.80. The molecule has 0 saturated heterocycles. The molecule has 148 valence electrons. The van der Waals surface area contributed by atoms with E-state index < -0.39 is 12.0 Å². The minimum atomic E-state index is -0.530. The van der Waals surface area contributed by atoms with Crippen LogP contribution in [0.3, 0.4) is 0 Å². The van der Waals surface area contributed by atoms with Crippen molar-refractivity contribution in [2.45, 2.75) is 19.9 Å². The lowest BCUT2D eigenvalue weighted by Crippen LogP contribution is -2.39. The van der Waals surface area contributed by atoms with Crippen LogP contribution in [-0.2, 0) is 9.53 Å². The molecule has 1 aliphatic heterocycles. The topological polar surface area (TPSA) is 60.7 Å². The molecule has 8 heteroatoms. The van der Waals surface area contributed by atoms with Gasteiger partial charge in [0.2, 0.25) is 0 Å². The van der Waals surface area contributed by atoms with Crippen molar-refractivity contribution in [2.24, 2.45) is 4.99 Å². The molecule has 0 fully saturated rings. The first-order valence-corrected chi connectivity index (χ1v) is 11.5. The zero-order chi connectivity index (χ0) is 20.5. The number of aromatic nitrogens is 1. The zero-order valence-electron chi connectivity index (χ0n) is 15.7. The van der Waals surface area contributed by atoms with Crippen molar-refractivity contribution in [1.29, 1.82) is 0 Å². The third-order valence-corrected chi connectivity index (χ3v) is 6.93. The van der Waals surface area contributed by atoms with Gasteiger partial charge in [0, 0.05) is 9.35 Å². The van der Waals surface area contributed by atoms with Crippen LogP contribution in [0, 0.1) is 0 Å². The monoisotopic (exact) mass is 488 g/mol. The van der Waals surface area contributed by atoms with Crippen LogP contribution in [0.25, 0.3) is 6.08 Å². The molecule has 0 radical (unpaired) electrons. The molecule has 1 atom stereocenters. The van der Waals surface area contributed by atoms with Crippen molar-refractivity contribution in [3.8, 4) is 0 Å². The van der Waals surface area contributed by atoms with E-state index in [0.717, 1.165) is 14.9 Å². The van der Waals surface area contributed by atoms with E-state index in [1.807, 2.05) is 47.9 Å². The highest BCUT2D eigenvalue weighted by Gasteiger charge is 2.33. The van der Waals surface area contributed by atoms with Gasteiger partial charge in [0.05, 0.1) is 22.4 Å². The normalized spacial score (nSPS) is 16.5. The first kappa shape index (κ1) is 20.0. The van der Waals surface area contributed by atoms with Crippen LogP contribution in [0.4, 0.5) is 0 Å². The molecule has 5 nitrogen and oxygen atoms in total. The molecule has 0 saturated carbocycles. The summed E-state index contributed by atoms with van der Waals surface area (Å²) < 4.78 is 8.43. The Hall–Kier alpha value is -2.29.